The number of alkyl halides is 3. The minimum Gasteiger partial charge on any atom is -0.380 e. The Labute approximate surface area is 86.3 Å². The minimum absolute atomic E-state index is 0.183. The molecule has 0 spiro atoms. The van der Waals surface area contributed by atoms with Gasteiger partial charge in [0.25, 0.3) is 5.76 Å². The molecule has 0 aliphatic rings. The second-order valence-corrected chi connectivity index (χ2v) is 3.69. The molecule has 0 saturated carbocycles. The van der Waals surface area contributed by atoms with Gasteiger partial charge in [-0.3, -0.25) is 0 Å². The Kier molecular flexibility index (Phi) is 2.18. The lowest BCUT2D eigenvalue weighted by Crippen LogP contribution is -2.04. The van der Waals surface area contributed by atoms with E-state index in [1.54, 1.807) is 11.4 Å². The number of hydrogen-bond acceptors (Lipinski definition) is 4. The number of aromatic nitrogens is 1. The third-order valence-electron chi connectivity index (χ3n) is 1.74. The van der Waals surface area contributed by atoms with Crippen LogP contribution in [0.4, 0.5) is 19.0 Å². The third-order valence-corrected chi connectivity index (χ3v) is 2.63. The van der Waals surface area contributed by atoms with Crippen LogP contribution in [0.3, 0.4) is 0 Å². The molecule has 2 aromatic heterocycles. The van der Waals surface area contributed by atoms with Gasteiger partial charge in [-0.25, -0.2) is 0 Å². The molecule has 0 bridgehead atoms. The van der Waals surface area contributed by atoms with Crippen molar-refractivity contribution in [1.29, 1.82) is 0 Å². The first-order valence-corrected chi connectivity index (χ1v) is 4.74. The molecule has 0 saturated heterocycles. The Morgan fingerprint density at radius 1 is 1.40 bits per heavy atom. The van der Waals surface area contributed by atoms with Crippen LogP contribution in [0, 0.1) is 0 Å². The summed E-state index contributed by atoms with van der Waals surface area (Å²) in [5.41, 5.74) is 5.15. The normalized spacial score (nSPS) is 11.9. The lowest BCUT2D eigenvalue weighted by molar-refractivity contribution is -0.154. The summed E-state index contributed by atoms with van der Waals surface area (Å²) in [5.74, 6) is -1.40. The molecular formula is C8H5F3N2OS. The summed E-state index contributed by atoms with van der Waals surface area (Å²) in [6, 6.07) is 3.16. The van der Waals surface area contributed by atoms with Gasteiger partial charge in [-0.2, -0.15) is 13.2 Å². The van der Waals surface area contributed by atoms with Gasteiger partial charge in [-0.15, -0.1) is 11.3 Å². The predicted molar refractivity (Wildman–Crippen MR) is 49.2 cm³/mol. The van der Waals surface area contributed by atoms with Crippen LogP contribution in [0.1, 0.15) is 5.76 Å². The van der Waals surface area contributed by atoms with Crippen LogP contribution in [0.2, 0.25) is 0 Å². The first-order chi connectivity index (χ1) is 7.00. The van der Waals surface area contributed by atoms with E-state index in [-0.39, 0.29) is 11.4 Å². The summed E-state index contributed by atoms with van der Waals surface area (Å²) in [7, 11) is 0. The zero-order valence-electron chi connectivity index (χ0n) is 7.21. The largest absolute Gasteiger partial charge is 0.453 e. The molecule has 0 aliphatic heterocycles. The maximum absolute atomic E-state index is 12.5. The Morgan fingerprint density at radius 2 is 2.13 bits per heavy atom. The summed E-state index contributed by atoms with van der Waals surface area (Å²) in [6.07, 6.45) is -4.58. The van der Waals surface area contributed by atoms with Crippen LogP contribution in [-0.2, 0) is 6.18 Å². The number of nitrogen functional groups attached to an aromatic ring is 1. The second-order valence-electron chi connectivity index (χ2n) is 2.75. The number of hydrogen-bond donors (Lipinski definition) is 1. The van der Waals surface area contributed by atoms with Gasteiger partial charge in [-0.1, -0.05) is 11.2 Å². The molecule has 0 atom stereocenters. The first kappa shape index (κ1) is 10.0. The molecule has 7 heteroatoms. The molecule has 2 heterocycles. The smallest absolute Gasteiger partial charge is 0.380 e. The average molecular weight is 234 g/mol. The van der Waals surface area contributed by atoms with Gasteiger partial charge in [0.05, 0.1) is 5.56 Å². The zero-order chi connectivity index (χ0) is 11.1. The average Bonchev–Trinajstić information content (AvgIpc) is 2.69. The highest BCUT2D eigenvalue weighted by atomic mass is 32.1. The van der Waals surface area contributed by atoms with E-state index in [0.29, 0.717) is 4.88 Å². The molecule has 2 aromatic rings. The molecule has 80 valence electrons. The Morgan fingerprint density at radius 3 is 2.67 bits per heavy atom. The fourth-order valence-electron chi connectivity index (χ4n) is 1.15. The van der Waals surface area contributed by atoms with Gasteiger partial charge >= 0.3 is 6.18 Å². The maximum Gasteiger partial charge on any atom is 0.453 e. The number of rotatable bonds is 1. The van der Waals surface area contributed by atoms with Crippen molar-refractivity contribution in [2.45, 2.75) is 6.18 Å². The molecule has 2 N–H and O–H groups in total. The fourth-order valence-corrected chi connectivity index (χ4v) is 1.93. The van der Waals surface area contributed by atoms with Crippen molar-refractivity contribution in [3.63, 3.8) is 0 Å². The number of nitrogens with zero attached hydrogens (tertiary/aromatic N) is 1. The van der Waals surface area contributed by atoms with E-state index in [0.717, 1.165) is 11.3 Å². The van der Waals surface area contributed by atoms with Crippen molar-refractivity contribution >= 4 is 17.2 Å². The number of halogens is 3. The highest BCUT2D eigenvalue weighted by Crippen LogP contribution is 2.41. The minimum atomic E-state index is -4.58. The van der Waals surface area contributed by atoms with Gasteiger partial charge in [-0.05, 0) is 11.4 Å². The van der Waals surface area contributed by atoms with Gasteiger partial charge in [0, 0.05) is 4.88 Å². The van der Waals surface area contributed by atoms with E-state index in [4.69, 9.17) is 5.73 Å². The molecule has 2 rings (SSSR count). The van der Waals surface area contributed by atoms with Gasteiger partial charge in [0.1, 0.15) is 0 Å². The summed E-state index contributed by atoms with van der Waals surface area (Å²) in [6.45, 7) is 0. The van der Waals surface area contributed by atoms with Crippen LogP contribution in [0.5, 0.6) is 0 Å². The van der Waals surface area contributed by atoms with E-state index < -0.39 is 11.9 Å². The quantitative estimate of drug-likeness (QED) is 0.825. The van der Waals surface area contributed by atoms with E-state index in [1.807, 2.05) is 0 Å². The molecule has 0 fully saturated rings. The fraction of sp³-hybridized carbons (Fsp3) is 0.125. The van der Waals surface area contributed by atoms with Crippen molar-refractivity contribution < 1.29 is 17.7 Å². The lowest BCUT2D eigenvalue weighted by Gasteiger charge is -2.02. The Balaban J connectivity index is 2.60. The number of anilines is 1. The standard InChI is InChI=1S/C8H5F3N2OS/c9-8(10,11)6-5(7(12)13-14-6)4-2-1-3-15-4/h1-3H,(H2,12,13). The van der Waals surface area contributed by atoms with Crippen LogP contribution in [0.15, 0.2) is 22.0 Å². The molecule has 0 radical (unpaired) electrons. The molecule has 0 aliphatic carbocycles. The Hall–Kier alpha value is -1.50. The van der Waals surface area contributed by atoms with Crippen LogP contribution >= 0.6 is 11.3 Å². The predicted octanol–water partition coefficient (Wildman–Crippen LogP) is 3.00. The van der Waals surface area contributed by atoms with E-state index in [1.165, 1.54) is 6.07 Å². The molecule has 0 aromatic carbocycles. The number of nitrogens with two attached hydrogens (primary N) is 1. The number of thiophene rings is 1. The summed E-state index contributed by atoms with van der Waals surface area (Å²) >= 11 is 1.15. The van der Waals surface area contributed by atoms with Gasteiger partial charge in [0.15, 0.2) is 5.82 Å². The van der Waals surface area contributed by atoms with E-state index >= 15 is 0 Å². The van der Waals surface area contributed by atoms with Crippen molar-refractivity contribution in [2.75, 3.05) is 5.73 Å². The molecule has 0 unspecified atom stereocenters. The summed E-state index contributed by atoms with van der Waals surface area (Å²) in [5, 5.41) is 4.78. The van der Waals surface area contributed by atoms with Gasteiger partial charge in [0.2, 0.25) is 0 Å². The monoisotopic (exact) mass is 234 g/mol. The third kappa shape index (κ3) is 1.70. The van der Waals surface area contributed by atoms with Crippen molar-refractivity contribution in [2.24, 2.45) is 0 Å². The van der Waals surface area contributed by atoms with Crippen molar-refractivity contribution in [3.8, 4) is 10.4 Å². The lowest BCUT2D eigenvalue weighted by atomic mass is 10.2. The van der Waals surface area contributed by atoms with Crippen LogP contribution in [0.25, 0.3) is 10.4 Å². The highest BCUT2D eigenvalue weighted by Gasteiger charge is 2.40. The molecule has 3 nitrogen and oxygen atoms in total. The maximum atomic E-state index is 12.5. The topological polar surface area (TPSA) is 52.0 Å². The summed E-state index contributed by atoms with van der Waals surface area (Å²) < 4.78 is 41.6. The zero-order valence-corrected chi connectivity index (χ0v) is 8.02. The van der Waals surface area contributed by atoms with Crippen molar-refractivity contribution in [3.05, 3.63) is 23.3 Å². The molecule has 0 amide bonds. The second kappa shape index (κ2) is 3.27. The highest BCUT2D eigenvalue weighted by molar-refractivity contribution is 7.13. The van der Waals surface area contributed by atoms with Crippen LogP contribution in [-0.4, -0.2) is 5.16 Å². The SMILES string of the molecule is Nc1noc(C(F)(F)F)c1-c1cccs1. The van der Waals surface area contributed by atoms with E-state index in [2.05, 4.69) is 9.68 Å². The molecular weight excluding hydrogens is 229 g/mol. The molecule has 15 heavy (non-hydrogen) atoms. The van der Waals surface area contributed by atoms with Crippen LogP contribution < -0.4 is 5.73 Å². The van der Waals surface area contributed by atoms with Gasteiger partial charge < -0.3 is 10.3 Å². The van der Waals surface area contributed by atoms with Crippen molar-refractivity contribution in [1.82, 2.24) is 5.16 Å². The first-order valence-electron chi connectivity index (χ1n) is 3.86. The summed E-state index contributed by atoms with van der Waals surface area (Å²) in [4.78, 5) is 0.390. The van der Waals surface area contributed by atoms with E-state index in [9.17, 15) is 13.2 Å². The Bertz CT molecular complexity index is 461.